The fraction of sp³-hybridized carbons (Fsp3) is 0.556. The first-order valence-electron chi connectivity index (χ1n) is 8.40. The molecule has 0 aromatic heterocycles. The number of halogens is 1. The average Bonchev–Trinajstić information content (AvgIpc) is 3.06. The van der Waals surface area contributed by atoms with E-state index < -0.39 is 0 Å². The maximum absolute atomic E-state index is 8.98. The van der Waals surface area contributed by atoms with Crippen molar-refractivity contribution in [3.05, 3.63) is 35.4 Å². The monoisotopic (exact) mass is 441 g/mol. The second-order valence-corrected chi connectivity index (χ2v) is 5.82. The van der Waals surface area contributed by atoms with Gasteiger partial charge in [0.2, 0.25) is 0 Å². The van der Waals surface area contributed by atoms with Crippen LogP contribution in [0.25, 0.3) is 0 Å². The van der Waals surface area contributed by atoms with Gasteiger partial charge in [-0.15, -0.1) is 24.0 Å². The molecule has 1 saturated heterocycles. The lowest BCUT2D eigenvalue weighted by atomic mass is 10.1. The van der Waals surface area contributed by atoms with Crippen molar-refractivity contribution in [3.63, 3.8) is 0 Å². The zero-order valence-corrected chi connectivity index (χ0v) is 17.2. The number of nitrogens with one attached hydrogen (secondary N) is 1. The lowest BCUT2D eigenvalue weighted by Gasteiger charge is -2.27. The molecule has 1 unspecified atom stereocenters. The molecule has 0 bridgehead atoms. The second-order valence-electron chi connectivity index (χ2n) is 5.82. The van der Waals surface area contributed by atoms with E-state index in [9.17, 15) is 0 Å². The summed E-state index contributed by atoms with van der Waals surface area (Å²) in [6.45, 7) is 9.40. The Balaban J connectivity index is 0.00000288. The molecule has 0 aliphatic carbocycles. The zero-order valence-electron chi connectivity index (χ0n) is 14.8. The van der Waals surface area contributed by atoms with E-state index in [0.717, 1.165) is 37.7 Å². The third-order valence-corrected chi connectivity index (χ3v) is 4.51. The topological polar surface area (TPSA) is 54.7 Å². The zero-order chi connectivity index (χ0) is 16.7. The van der Waals surface area contributed by atoms with Crippen LogP contribution in [-0.2, 0) is 6.54 Å². The number of nitriles is 1. The molecule has 132 valence electrons. The molecule has 0 radical (unpaired) electrons. The molecule has 1 atom stereocenters. The summed E-state index contributed by atoms with van der Waals surface area (Å²) < 4.78 is 0. The normalized spacial score (nSPS) is 17.5. The number of hydrogen-bond donors (Lipinski definition) is 1. The van der Waals surface area contributed by atoms with E-state index in [2.05, 4.69) is 40.0 Å². The highest BCUT2D eigenvalue weighted by Gasteiger charge is 2.27. The molecule has 24 heavy (non-hydrogen) atoms. The van der Waals surface area contributed by atoms with E-state index in [4.69, 9.17) is 5.26 Å². The lowest BCUT2D eigenvalue weighted by Crippen LogP contribution is -2.43. The minimum absolute atomic E-state index is 0. The van der Waals surface area contributed by atoms with Crippen LogP contribution in [-0.4, -0.2) is 55.0 Å². The van der Waals surface area contributed by atoms with Crippen molar-refractivity contribution in [3.8, 4) is 6.07 Å². The van der Waals surface area contributed by atoms with E-state index in [1.54, 1.807) is 0 Å². The Labute approximate surface area is 162 Å². The van der Waals surface area contributed by atoms with E-state index in [1.807, 2.05) is 31.3 Å². The predicted octanol–water partition coefficient (Wildman–Crippen LogP) is 2.67. The number of benzene rings is 1. The first-order chi connectivity index (χ1) is 11.2. The van der Waals surface area contributed by atoms with Crippen molar-refractivity contribution in [2.45, 2.75) is 32.9 Å². The first-order valence-corrected chi connectivity index (χ1v) is 8.40. The van der Waals surface area contributed by atoms with Crippen LogP contribution in [0.5, 0.6) is 0 Å². The van der Waals surface area contributed by atoms with Crippen molar-refractivity contribution in [2.24, 2.45) is 4.99 Å². The van der Waals surface area contributed by atoms with Crippen LogP contribution in [0, 0.1) is 11.3 Å². The van der Waals surface area contributed by atoms with Crippen LogP contribution in [0.1, 0.15) is 31.4 Å². The molecule has 1 aliphatic rings. The molecular formula is C18H28IN5. The Morgan fingerprint density at radius 3 is 2.79 bits per heavy atom. The highest BCUT2D eigenvalue weighted by atomic mass is 127. The number of likely N-dealkylation sites (N-methyl/N-ethyl adjacent to an activating group) is 1. The van der Waals surface area contributed by atoms with Gasteiger partial charge in [0, 0.05) is 32.7 Å². The van der Waals surface area contributed by atoms with Gasteiger partial charge >= 0.3 is 0 Å². The van der Waals surface area contributed by atoms with E-state index in [0.29, 0.717) is 18.2 Å². The van der Waals surface area contributed by atoms with Gasteiger partial charge in [-0.3, -0.25) is 9.89 Å². The van der Waals surface area contributed by atoms with E-state index >= 15 is 0 Å². The number of likely N-dealkylation sites (tertiary alicyclic amines) is 1. The average molecular weight is 441 g/mol. The molecule has 2 rings (SSSR count). The highest BCUT2D eigenvalue weighted by molar-refractivity contribution is 14.0. The Kier molecular flexibility index (Phi) is 9.08. The van der Waals surface area contributed by atoms with Gasteiger partial charge in [0.15, 0.2) is 5.96 Å². The standard InChI is InChI=1S/C18H27N5.HI/c1-4-22(5-2)17-9-10-23(14-17)18(20-3)21-13-16-8-6-7-15(11-16)12-19;/h6-8,11,17H,4-5,9-10,13-14H2,1-3H3,(H,20,21);1H. The summed E-state index contributed by atoms with van der Waals surface area (Å²) in [4.78, 5) is 9.27. The van der Waals surface area contributed by atoms with Crippen molar-refractivity contribution in [1.82, 2.24) is 15.1 Å². The summed E-state index contributed by atoms with van der Waals surface area (Å²) in [6.07, 6.45) is 1.19. The fourth-order valence-electron chi connectivity index (χ4n) is 3.24. The van der Waals surface area contributed by atoms with Crippen LogP contribution in [0.15, 0.2) is 29.3 Å². The summed E-state index contributed by atoms with van der Waals surface area (Å²) in [5.74, 6) is 0.946. The summed E-state index contributed by atoms with van der Waals surface area (Å²) >= 11 is 0. The number of nitrogens with zero attached hydrogens (tertiary/aromatic N) is 4. The Bertz CT molecular complexity index is 577. The second kappa shape index (κ2) is 10.5. The maximum Gasteiger partial charge on any atom is 0.193 e. The fourth-order valence-corrected chi connectivity index (χ4v) is 3.24. The molecule has 1 N–H and O–H groups in total. The predicted molar refractivity (Wildman–Crippen MR) is 110 cm³/mol. The Hall–Kier alpha value is -1.33. The van der Waals surface area contributed by atoms with Gasteiger partial charge in [-0.05, 0) is 37.2 Å². The van der Waals surface area contributed by atoms with Gasteiger partial charge in [0.05, 0.1) is 11.6 Å². The molecule has 0 spiro atoms. The molecule has 1 aromatic carbocycles. The molecule has 0 saturated carbocycles. The number of aliphatic imine (C=N–C) groups is 1. The number of guanidine groups is 1. The molecule has 1 aromatic rings. The summed E-state index contributed by atoms with van der Waals surface area (Å²) in [7, 11) is 1.83. The number of rotatable bonds is 5. The van der Waals surface area contributed by atoms with Crippen molar-refractivity contribution >= 4 is 29.9 Å². The summed E-state index contributed by atoms with van der Waals surface area (Å²) in [5, 5.41) is 12.4. The minimum atomic E-state index is 0. The molecule has 0 amide bonds. The van der Waals surface area contributed by atoms with Crippen LogP contribution >= 0.6 is 24.0 Å². The van der Waals surface area contributed by atoms with Crippen molar-refractivity contribution in [1.29, 1.82) is 5.26 Å². The third-order valence-electron chi connectivity index (χ3n) is 4.51. The van der Waals surface area contributed by atoms with Crippen LogP contribution in [0.2, 0.25) is 0 Å². The molecule has 1 aliphatic heterocycles. The quantitative estimate of drug-likeness (QED) is 0.434. The third kappa shape index (κ3) is 5.35. The smallest absolute Gasteiger partial charge is 0.193 e. The van der Waals surface area contributed by atoms with Crippen molar-refractivity contribution in [2.75, 3.05) is 33.2 Å². The van der Waals surface area contributed by atoms with Gasteiger partial charge in [-0.25, -0.2) is 0 Å². The Morgan fingerprint density at radius 2 is 2.17 bits per heavy atom. The largest absolute Gasteiger partial charge is 0.352 e. The first kappa shape index (κ1) is 20.7. The molecule has 1 fully saturated rings. The highest BCUT2D eigenvalue weighted by Crippen LogP contribution is 2.15. The van der Waals surface area contributed by atoms with Gasteiger partial charge < -0.3 is 10.2 Å². The molecule has 5 nitrogen and oxygen atoms in total. The lowest BCUT2D eigenvalue weighted by molar-refractivity contribution is 0.223. The van der Waals surface area contributed by atoms with Crippen LogP contribution < -0.4 is 5.32 Å². The molecular weight excluding hydrogens is 413 g/mol. The maximum atomic E-state index is 8.98. The van der Waals surface area contributed by atoms with Crippen LogP contribution in [0.4, 0.5) is 0 Å². The van der Waals surface area contributed by atoms with Gasteiger partial charge in [-0.2, -0.15) is 5.26 Å². The van der Waals surface area contributed by atoms with Gasteiger partial charge in [-0.1, -0.05) is 26.0 Å². The van der Waals surface area contributed by atoms with E-state index in [1.165, 1.54) is 6.42 Å². The summed E-state index contributed by atoms with van der Waals surface area (Å²) in [5.41, 5.74) is 1.80. The minimum Gasteiger partial charge on any atom is -0.352 e. The van der Waals surface area contributed by atoms with Crippen LogP contribution in [0.3, 0.4) is 0 Å². The number of hydrogen-bond acceptors (Lipinski definition) is 3. The van der Waals surface area contributed by atoms with Gasteiger partial charge in [0.1, 0.15) is 0 Å². The molecule has 1 heterocycles. The molecule has 6 heteroatoms. The summed E-state index contributed by atoms with van der Waals surface area (Å²) in [6, 6.07) is 10.5. The SMILES string of the molecule is CCN(CC)C1CCN(C(=NC)NCc2cccc(C#N)c2)C1.I. The van der Waals surface area contributed by atoms with Crippen molar-refractivity contribution < 1.29 is 0 Å². The van der Waals surface area contributed by atoms with Gasteiger partial charge in [0.25, 0.3) is 0 Å². The van der Waals surface area contributed by atoms with E-state index in [-0.39, 0.29) is 24.0 Å². The Morgan fingerprint density at radius 1 is 1.42 bits per heavy atom.